The molecule has 1 aliphatic rings. The lowest BCUT2D eigenvalue weighted by atomic mass is 9.71. The zero-order valence-corrected chi connectivity index (χ0v) is 16.7. The molecule has 1 fully saturated rings. The molecule has 1 aliphatic carbocycles. The Morgan fingerprint density at radius 1 is 1.04 bits per heavy atom. The first kappa shape index (κ1) is 21.2. The summed E-state index contributed by atoms with van der Waals surface area (Å²) in [7, 11) is 0. The smallest absolute Gasteiger partial charge is 0.429 e. The van der Waals surface area contributed by atoms with Crippen molar-refractivity contribution in [2.24, 2.45) is 11.3 Å². The van der Waals surface area contributed by atoms with E-state index in [-0.39, 0.29) is 17.4 Å². The van der Waals surface area contributed by atoms with E-state index in [4.69, 9.17) is 4.74 Å². The molecule has 1 aromatic carbocycles. The van der Waals surface area contributed by atoms with Gasteiger partial charge in [0.15, 0.2) is 0 Å². The summed E-state index contributed by atoms with van der Waals surface area (Å²) in [4.78, 5) is 32.7. The maximum Gasteiger partial charge on any atom is 0.543 e. The van der Waals surface area contributed by atoms with Crippen LogP contribution in [0, 0.1) is 11.3 Å². The molecule has 0 amide bonds. The highest BCUT2D eigenvalue weighted by Gasteiger charge is 2.37. The van der Waals surface area contributed by atoms with Gasteiger partial charge in [-0.2, -0.15) is 0 Å². The zero-order valence-electron chi connectivity index (χ0n) is 16.7. The third-order valence-corrected chi connectivity index (χ3v) is 5.00. The van der Waals surface area contributed by atoms with Crippen LogP contribution in [-0.2, 0) is 26.0 Å². The van der Waals surface area contributed by atoms with Crippen LogP contribution in [0.2, 0.25) is 0 Å². The summed E-state index contributed by atoms with van der Waals surface area (Å²) in [6.45, 7) is 8.49. The first-order valence-electron chi connectivity index (χ1n) is 9.66. The van der Waals surface area contributed by atoms with Gasteiger partial charge < -0.3 is 4.74 Å². The fourth-order valence-electron chi connectivity index (χ4n) is 3.59. The fourth-order valence-corrected chi connectivity index (χ4v) is 3.59. The maximum absolute atomic E-state index is 11.9. The monoisotopic (exact) mass is 378 g/mol. The SMILES string of the molecule is CCCc1ccc(C(=O)OOOC(=O)OC2CCCCC2C(C)(C)C)cc1. The molecule has 2 rings (SSSR count). The van der Waals surface area contributed by atoms with Crippen LogP contribution in [0.4, 0.5) is 4.79 Å². The summed E-state index contributed by atoms with van der Waals surface area (Å²) in [5.74, 6) is -0.487. The Morgan fingerprint density at radius 2 is 1.70 bits per heavy atom. The number of ether oxygens (including phenoxy) is 1. The molecule has 0 saturated heterocycles. The third-order valence-electron chi connectivity index (χ3n) is 5.00. The van der Waals surface area contributed by atoms with Gasteiger partial charge in [-0.05, 0) is 48.8 Å². The van der Waals surface area contributed by atoms with Crippen LogP contribution in [0.25, 0.3) is 0 Å². The lowest BCUT2D eigenvalue weighted by Gasteiger charge is -2.39. The van der Waals surface area contributed by atoms with Crippen molar-refractivity contribution in [1.29, 1.82) is 0 Å². The molecule has 6 nitrogen and oxygen atoms in total. The second kappa shape index (κ2) is 9.74. The van der Waals surface area contributed by atoms with Crippen molar-refractivity contribution in [3.63, 3.8) is 0 Å². The van der Waals surface area contributed by atoms with Gasteiger partial charge in [0.25, 0.3) is 0 Å². The van der Waals surface area contributed by atoms with Gasteiger partial charge >= 0.3 is 12.1 Å². The lowest BCUT2D eigenvalue weighted by Crippen LogP contribution is -2.38. The highest BCUT2D eigenvalue weighted by Crippen LogP contribution is 2.39. The predicted molar refractivity (Wildman–Crippen MR) is 99.7 cm³/mol. The molecule has 0 aliphatic heterocycles. The van der Waals surface area contributed by atoms with Crippen molar-refractivity contribution < 1.29 is 29.1 Å². The number of rotatable bonds is 6. The maximum atomic E-state index is 11.9. The van der Waals surface area contributed by atoms with Crippen molar-refractivity contribution in [1.82, 2.24) is 0 Å². The van der Waals surface area contributed by atoms with Gasteiger partial charge in [-0.15, -0.1) is 0 Å². The number of aryl methyl sites for hydroxylation is 1. The molecule has 0 spiro atoms. The Bertz CT molecular complexity index is 617. The summed E-state index contributed by atoms with van der Waals surface area (Å²) < 4.78 is 5.38. The van der Waals surface area contributed by atoms with E-state index in [1.54, 1.807) is 12.1 Å². The van der Waals surface area contributed by atoms with Crippen LogP contribution in [0.15, 0.2) is 24.3 Å². The predicted octanol–water partition coefficient (Wildman–Crippen LogP) is 5.40. The van der Waals surface area contributed by atoms with Crippen LogP contribution in [-0.4, -0.2) is 18.2 Å². The number of carbonyl (C=O) groups is 2. The number of carbonyl (C=O) groups excluding carboxylic acids is 2. The molecule has 0 N–H and O–H groups in total. The van der Waals surface area contributed by atoms with Crippen molar-refractivity contribution in [3.05, 3.63) is 35.4 Å². The fraction of sp³-hybridized carbons (Fsp3) is 0.619. The first-order chi connectivity index (χ1) is 12.8. The average Bonchev–Trinajstić information content (AvgIpc) is 2.62. The molecular weight excluding hydrogens is 348 g/mol. The van der Waals surface area contributed by atoms with Gasteiger partial charge in [0.05, 0.1) is 10.6 Å². The quantitative estimate of drug-likeness (QED) is 0.375. The number of hydrogen-bond acceptors (Lipinski definition) is 6. The van der Waals surface area contributed by atoms with E-state index >= 15 is 0 Å². The number of hydrogen-bond donors (Lipinski definition) is 0. The molecule has 1 aromatic rings. The minimum absolute atomic E-state index is 0.0304. The third kappa shape index (κ3) is 6.54. The molecule has 150 valence electrons. The minimum atomic E-state index is -0.998. The van der Waals surface area contributed by atoms with Crippen LogP contribution in [0.1, 0.15) is 75.7 Å². The van der Waals surface area contributed by atoms with Gasteiger partial charge in [0.1, 0.15) is 6.10 Å². The average molecular weight is 378 g/mol. The Hall–Kier alpha value is -2.08. The Balaban J connectivity index is 1.77. The van der Waals surface area contributed by atoms with E-state index in [1.807, 2.05) is 12.1 Å². The van der Waals surface area contributed by atoms with E-state index in [0.29, 0.717) is 5.56 Å². The summed E-state index contributed by atoms with van der Waals surface area (Å²) in [5.41, 5.74) is 1.48. The van der Waals surface area contributed by atoms with Crippen molar-refractivity contribution in [2.75, 3.05) is 0 Å². The van der Waals surface area contributed by atoms with Gasteiger partial charge in [0, 0.05) is 5.92 Å². The molecular formula is C21H30O6. The second-order valence-corrected chi connectivity index (χ2v) is 8.13. The van der Waals surface area contributed by atoms with E-state index in [1.165, 1.54) is 0 Å². The molecule has 27 heavy (non-hydrogen) atoms. The van der Waals surface area contributed by atoms with Crippen LogP contribution in [0.5, 0.6) is 0 Å². The van der Waals surface area contributed by atoms with Gasteiger partial charge in [-0.1, -0.05) is 52.7 Å². The van der Waals surface area contributed by atoms with Crippen molar-refractivity contribution >= 4 is 12.1 Å². The molecule has 2 atom stereocenters. The Labute approximate surface area is 161 Å². The Morgan fingerprint density at radius 3 is 2.33 bits per heavy atom. The van der Waals surface area contributed by atoms with Gasteiger partial charge in [0.2, 0.25) is 0 Å². The normalized spacial score (nSPS) is 20.0. The molecule has 0 heterocycles. The standard InChI is InChI=1S/C21H30O6/c1-5-8-15-11-13-16(14-12-15)19(22)25-27-26-20(23)24-18-10-7-6-9-17(18)21(2,3)4/h11-14,17-18H,5-10H2,1-4H3. The molecule has 0 bridgehead atoms. The molecule has 6 heteroatoms. The summed E-state index contributed by atoms with van der Waals surface area (Å²) >= 11 is 0. The lowest BCUT2D eigenvalue weighted by molar-refractivity contribution is -0.453. The van der Waals surface area contributed by atoms with Crippen LogP contribution in [0.3, 0.4) is 0 Å². The van der Waals surface area contributed by atoms with Crippen molar-refractivity contribution in [3.8, 4) is 0 Å². The minimum Gasteiger partial charge on any atom is -0.429 e. The first-order valence-corrected chi connectivity index (χ1v) is 9.66. The summed E-state index contributed by atoms with van der Waals surface area (Å²) in [6, 6.07) is 6.99. The van der Waals surface area contributed by atoms with Gasteiger partial charge in [-0.3, -0.25) is 4.89 Å². The molecule has 0 radical (unpaired) electrons. The Kier molecular flexibility index (Phi) is 7.66. The largest absolute Gasteiger partial charge is 0.543 e. The highest BCUT2D eigenvalue weighted by atomic mass is 17.5. The topological polar surface area (TPSA) is 71.1 Å². The van der Waals surface area contributed by atoms with E-state index in [2.05, 4.69) is 42.5 Å². The van der Waals surface area contributed by atoms with E-state index < -0.39 is 12.1 Å². The number of benzene rings is 1. The molecule has 2 unspecified atom stereocenters. The van der Waals surface area contributed by atoms with E-state index in [0.717, 1.165) is 44.1 Å². The molecule has 0 aromatic heterocycles. The van der Waals surface area contributed by atoms with E-state index in [9.17, 15) is 9.59 Å². The van der Waals surface area contributed by atoms with Crippen LogP contribution >= 0.6 is 0 Å². The van der Waals surface area contributed by atoms with Gasteiger partial charge in [-0.25, -0.2) is 14.5 Å². The summed E-state index contributed by atoms with van der Waals surface area (Å²) in [5, 5.41) is 4.33. The second-order valence-electron chi connectivity index (χ2n) is 8.13. The van der Waals surface area contributed by atoms with Crippen molar-refractivity contribution in [2.45, 2.75) is 72.3 Å². The summed E-state index contributed by atoms with van der Waals surface area (Å²) in [6.07, 6.45) is 4.68. The van der Waals surface area contributed by atoms with Crippen LogP contribution < -0.4 is 0 Å². The highest BCUT2D eigenvalue weighted by molar-refractivity contribution is 5.88. The molecule has 1 saturated carbocycles. The zero-order chi connectivity index (χ0) is 19.9.